The lowest BCUT2D eigenvalue weighted by molar-refractivity contribution is 0.0507. The topological polar surface area (TPSA) is 101 Å². The van der Waals surface area contributed by atoms with Gasteiger partial charge in [-0.05, 0) is 82.0 Å². The molecule has 230 valence electrons. The zero-order chi connectivity index (χ0) is 31.3. The SMILES string of the molecule is Cc1cc(N2CCN(C(=O)c3ccc4c(-c5ccc(Cl)c(F)c5)cn(CC5CCCO5)c4n3)C(C)(C)C2)nc(C)c1C(=O)O. The fourth-order valence-electron chi connectivity index (χ4n) is 6.49. The molecule has 2 aliphatic heterocycles. The van der Waals surface area contributed by atoms with E-state index in [9.17, 15) is 19.1 Å². The molecule has 5 heterocycles. The van der Waals surface area contributed by atoms with Gasteiger partial charge >= 0.3 is 5.97 Å². The zero-order valence-electron chi connectivity index (χ0n) is 25.2. The number of pyridine rings is 2. The standard InChI is InChI=1S/C33H35ClFN5O4/c1-19-14-28(36-20(2)29(19)32(42)43)38-11-12-40(33(3,4)18-38)31(41)27-10-8-23-24(21-7-9-25(34)26(35)15-21)17-39(30(23)37-27)16-22-6-5-13-44-22/h7-10,14-15,17,22H,5-6,11-13,16,18H2,1-4H3,(H,42,43). The number of halogens is 2. The van der Waals surface area contributed by atoms with E-state index < -0.39 is 17.3 Å². The molecule has 2 aliphatic rings. The van der Waals surface area contributed by atoms with Crippen LogP contribution in [0.1, 0.15) is 58.8 Å². The number of anilines is 1. The van der Waals surface area contributed by atoms with E-state index >= 15 is 0 Å². The number of piperazine rings is 1. The minimum atomic E-state index is -0.992. The number of aromatic carboxylic acids is 1. The van der Waals surface area contributed by atoms with Crippen LogP contribution < -0.4 is 4.90 Å². The number of nitrogens with zero attached hydrogens (tertiary/aromatic N) is 5. The van der Waals surface area contributed by atoms with Crippen LogP contribution in [0.4, 0.5) is 10.2 Å². The Morgan fingerprint density at radius 1 is 1.14 bits per heavy atom. The Morgan fingerprint density at radius 2 is 1.93 bits per heavy atom. The molecule has 11 heteroatoms. The first-order chi connectivity index (χ1) is 20.9. The third-order valence-electron chi connectivity index (χ3n) is 8.67. The summed E-state index contributed by atoms with van der Waals surface area (Å²) in [6.07, 6.45) is 3.93. The number of fused-ring (bicyclic) bond motifs is 1. The molecular formula is C33H35ClFN5O4. The fourth-order valence-corrected chi connectivity index (χ4v) is 6.60. The molecular weight excluding hydrogens is 585 g/mol. The number of aromatic nitrogens is 3. The normalized spacial score (nSPS) is 18.3. The fraction of sp³-hybridized carbons (Fsp3) is 0.394. The number of carbonyl (C=O) groups is 2. The lowest BCUT2D eigenvalue weighted by Gasteiger charge is -2.47. The molecule has 6 rings (SSSR count). The third-order valence-corrected chi connectivity index (χ3v) is 8.97. The number of rotatable bonds is 6. The largest absolute Gasteiger partial charge is 0.478 e. The van der Waals surface area contributed by atoms with Crippen LogP contribution >= 0.6 is 11.6 Å². The molecule has 1 aromatic carbocycles. The Hall–Kier alpha value is -4.02. The Labute approximate surface area is 260 Å². The van der Waals surface area contributed by atoms with Crippen molar-refractivity contribution in [2.75, 3.05) is 31.1 Å². The van der Waals surface area contributed by atoms with Crippen molar-refractivity contribution in [1.29, 1.82) is 0 Å². The highest BCUT2D eigenvalue weighted by atomic mass is 35.5. The van der Waals surface area contributed by atoms with E-state index in [2.05, 4.69) is 9.88 Å². The van der Waals surface area contributed by atoms with Crippen LogP contribution in [0.15, 0.2) is 42.6 Å². The second-order valence-corrected chi connectivity index (χ2v) is 12.7. The van der Waals surface area contributed by atoms with Gasteiger partial charge in [-0.25, -0.2) is 19.2 Å². The molecule has 0 bridgehead atoms. The van der Waals surface area contributed by atoms with Crippen molar-refractivity contribution < 1.29 is 23.8 Å². The van der Waals surface area contributed by atoms with Gasteiger partial charge in [0.2, 0.25) is 0 Å². The summed E-state index contributed by atoms with van der Waals surface area (Å²) in [6, 6.07) is 10.2. The van der Waals surface area contributed by atoms with Crippen LogP contribution in [0.3, 0.4) is 0 Å². The van der Waals surface area contributed by atoms with E-state index in [1.54, 1.807) is 38.1 Å². The van der Waals surface area contributed by atoms with Crippen molar-refractivity contribution in [3.63, 3.8) is 0 Å². The Balaban J connectivity index is 1.30. The average Bonchev–Trinajstić information content (AvgIpc) is 3.61. The molecule has 0 spiro atoms. The summed E-state index contributed by atoms with van der Waals surface area (Å²) in [5.74, 6) is -0.970. The summed E-state index contributed by atoms with van der Waals surface area (Å²) in [7, 11) is 0. The van der Waals surface area contributed by atoms with Gasteiger partial charge in [0.25, 0.3) is 5.91 Å². The van der Waals surface area contributed by atoms with E-state index in [1.807, 2.05) is 35.6 Å². The molecule has 1 atom stereocenters. The highest BCUT2D eigenvalue weighted by molar-refractivity contribution is 6.30. The maximum absolute atomic E-state index is 14.4. The van der Waals surface area contributed by atoms with E-state index in [4.69, 9.17) is 21.3 Å². The minimum absolute atomic E-state index is 0.0408. The van der Waals surface area contributed by atoms with Gasteiger partial charge in [-0.1, -0.05) is 17.7 Å². The monoisotopic (exact) mass is 619 g/mol. The van der Waals surface area contributed by atoms with Crippen molar-refractivity contribution in [2.45, 2.75) is 58.7 Å². The summed E-state index contributed by atoms with van der Waals surface area (Å²) in [4.78, 5) is 39.1. The van der Waals surface area contributed by atoms with Gasteiger partial charge in [0, 0.05) is 43.4 Å². The molecule has 2 saturated heterocycles. The van der Waals surface area contributed by atoms with E-state index in [1.165, 1.54) is 6.07 Å². The molecule has 0 aliphatic carbocycles. The number of hydrogen-bond acceptors (Lipinski definition) is 6. The summed E-state index contributed by atoms with van der Waals surface area (Å²) in [5.41, 5.74) is 3.23. The first-order valence-electron chi connectivity index (χ1n) is 14.8. The molecule has 44 heavy (non-hydrogen) atoms. The number of carboxylic acids is 1. The smallest absolute Gasteiger partial charge is 0.337 e. The number of carbonyl (C=O) groups excluding carboxylic acids is 1. The lowest BCUT2D eigenvalue weighted by atomic mass is 9.97. The summed E-state index contributed by atoms with van der Waals surface area (Å²) < 4.78 is 22.3. The Bertz CT molecular complexity index is 1760. The van der Waals surface area contributed by atoms with E-state index in [-0.39, 0.29) is 22.6 Å². The zero-order valence-corrected chi connectivity index (χ0v) is 26.0. The molecule has 2 fully saturated rings. The second kappa shape index (κ2) is 11.5. The number of benzene rings is 1. The summed E-state index contributed by atoms with van der Waals surface area (Å²) in [6.45, 7) is 10.3. The van der Waals surface area contributed by atoms with Crippen LogP contribution in [0, 0.1) is 19.7 Å². The first kappa shape index (κ1) is 30.0. The summed E-state index contributed by atoms with van der Waals surface area (Å²) >= 11 is 5.95. The average molecular weight is 620 g/mol. The van der Waals surface area contributed by atoms with Gasteiger partial charge in [-0.2, -0.15) is 0 Å². The molecule has 0 radical (unpaired) electrons. The molecule has 1 N–H and O–H groups in total. The molecule has 0 saturated carbocycles. The third kappa shape index (κ3) is 5.52. The van der Waals surface area contributed by atoms with Crippen molar-refractivity contribution in [3.8, 4) is 11.1 Å². The summed E-state index contributed by atoms with van der Waals surface area (Å²) in [5, 5.41) is 10.4. The second-order valence-electron chi connectivity index (χ2n) is 12.3. The van der Waals surface area contributed by atoms with Gasteiger partial charge < -0.3 is 24.2 Å². The van der Waals surface area contributed by atoms with Gasteiger partial charge in [0.15, 0.2) is 0 Å². The van der Waals surface area contributed by atoms with Crippen LogP contribution in [-0.2, 0) is 11.3 Å². The predicted molar refractivity (Wildman–Crippen MR) is 167 cm³/mol. The van der Waals surface area contributed by atoms with Crippen molar-refractivity contribution in [3.05, 3.63) is 75.9 Å². The van der Waals surface area contributed by atoms with Crippen molar-refractivity contribution >= 4 is 40.3 Å². The van der Waals surface area contributed by atoms with Crippen LogP contribution in [0.2, 0.25) is 5.02 Å². The number of aryl methyl sites for hydroxylation is 2. The molecule has 1 unspecified atom stereocenters. The molecule has 4 aromatic rings. The molecule has 9 nitrogen and oxygen atoms in total. The van der Waals surface area contributed by atoms with Crippen LogP contribution in [-0.4, -0.2) is 74.3 Å². The molecule has 1 amide bonds. The maximum Gasteiger partial charge on any atom is 0.337 e. The molecule has 3 aromatic heterocycles. The van der Waals surface area contributed by atoms with Gasteiger partial charge in [-0.15, -0.1) is 0 Å². The Kier molecular flexibility index (Phi) is 7.83. The quantitative estimate of drug-likeness (QED) is 0.277. The number of carboxylic acid groups (broad SMARTS) is 1. The van der Waals surface area contributed by atoms with Crippen molar-refractivity contribution in [1.82, 2.24) is 19.4 Å². The minimum Gasteiger partial charge on any atom is -0.478 e. The van der Waals surface area contributed by atoms with Gasteiger partial charge in [-0.3, -0.25) is 4.79 Å². The van der Waals surface area contributed by atoms with Crippen molar-refractivity contribution in [2.24, 2.45) is 0 Å². The maximum atomic E-state index is 14.4. The van der Waals surface area contributed by atoms with Gasteiger partial charge in [0.05, 0.1) is 34.5 Å². The number of hydrogen-bond donors (Lipinski definition) is 1. The lowest BCUT2D eigenvalue weighted by Crippen LogP contribution is -2.61. The van der Waals surface area contributed by atoms with Crippen LogP contribution in [0.25, 0.3) is 22.2 Å². The van der Waals surface area contributed by atoms with Gasteiger partial charge in [0.1, 0.15) is 23.0 Å². The van der Waals surface area contributed by atoms with E-state index in [0.717, 1.165) is 30.4 Å². The first-order valence-corrected chi connectivity index (χ1v) is 15.2. The predicted octanol–water partition coefficient (Wildman–Crippen LogP) is 6.13. The highest BCUT2D eigenvalue weighted by Gasteiger charge is 2.38. The number of ether oxygens (including phenoxy) is 1. The number of amides is 1. The highest BCUT2D eigenvalue weighted by Crippen LogP contribution is 2.34. The van der Waals surface area contributed by atoms with E-state index in [0.29, 0.717) is 60.2 Å². The Morgan fingerprint density at radius 3 is 2.59 bits per heavy atom. The van der Waals surface area contributed by atoms with Crippen LogP contribution in [0.5, 0.6) is 0 Å².